The molecule has 9 heteroatoms. The number of imide groups is 1. The molecule has 0 N–H and O–H groups in total. The number of piperidine rings is 1. The highest BCUT2D eigenvalue weighted by molar-refractivity contribution is 7.19. The first kappa shape index (κ1) is 23.0. The van der Waals surface area contributed by atoms with E-state index in [1.165, 1.54) is 10.5 Å². The van der Waals surface area contributed by atoms with E-state index in [1.54, 1.807) is 17.7 Å². The molecule has 2 aromatic heterocycles. The van der Waals surface area contributed by atoms with Gasteiger partial charge in [0.05, 0.1) is 34.3 Å². The van der Waals surface area contributed by atoms with Crippen molar-refractivity contribution in [1.82, 2.24) is 24.7 Å². The number of carbonyl (C=O) groups excluding carboxylic acids is 2. The van der Waals surface area contributed by atoms with Crippen LogP contribution in [-0.2, 0) is 22.7 Å². The molecule has 2 aliphatic heterocycles. The summed E-state index contributed by atoms with van der Waals surface area (Å²) in [5, 5.41) is 0.684. The number of likely N-dealkylation sites (N-methyl/N-ethyl adjacent to an activating group) is 1. The van der Waals surface area contributed by atoms with Gasteiger partial charge >= 0.3 is 0 Å². The average Bonchev–Trinajstić information content (AvgIpc) is 3.45. The van der Waals surface area contributed by atoms with Gasteiger partial charge in [-0.2, -0.15) is 0 Å². The van der Waals surface area contributed by atoms with E-state index in [0.717, 1.165) is 64.5 Å². The number of nitrogens with zero attached hydrogens (tertiary/aromatic N) is 5. The molecule has 3 fully saturated rings. The van der Waals surface area contributed by atoms with Gasteiger partial charge in [0.25, 0.3) is 0 Å². The second-order valence-electron chi connectivity index (χ2n) is 10.2. The standard InChI is InChI=1S/C26H28ClN5O2S/c1-14-6-16(27)7-18(21(14)12-31-5-4-30(3)10-15(31)2)23-24-22(28-13-29-23)8-17(35-24)11-32-25(33)19-9-20(19)26(32)34/h6-8,13,15,19-20H,4-5,9-12H2,1-3H3/t15-,19?,20?/m0/s1. The van der Waals surface area contributed by atoms with Crippen LogP contribution in [0.5, 0.6) is 0 Å². The molecule has 1 aliphatic carbocycles. The molecule has 2 amide bonds. The van der Waals surface area contributed by atoms with Crippen LogP contribution in [0.15, 0.2) is 24.5 Å². The fourth-order valence-corrected chi connectivity index (χ4v) is 6.92. The van der Waals surface area contributed by atoms with Crippen molar-refractivity contribution in [1.29, 1.82) is 0 Å². The Morgan fingerprint density at radius 3 is 2.60 bits per heavy atom. The van der Waals surface area contributed by atoms with Gasteiger partial charge in [0.2, 0.25) is 11.8 Å². The molecule has 3 aliphatic rings. The van der Waals surface area contributed by atoms with Crippen molar-refractivity contribution in [2.75, 3.05) is 26.7 Å². The summed E-state index contributed by atoms with van der Waals surface area (Å²) in [6, 6.07) is 6.47. The molecule has 6 rings (SSSR count). The van der Waals surface area contributed by atoms with Gasteiger partial charge < -0.3 is 4.90 Å². The molecule has 4 heterocycles. The molecule has 2 saturated heterocycles. The Bertz CT molecular complexity index is 1340. The number of hydrogen-bond acceptors (Lipinski definition) is 7. The second-order valence-corrected chi connectivity index (χ2v) is 11.8. The van der Waals surface area contributed by atoms with Gasteiger partial charge in [-0.3, -0.25) is 19.4 Å². The fraction of sp³-hybridized carbons (Fsp3) is 0.462. The molecule has 3 aromatic rings. The lowest BCUT2D eigenvalue weighted by molar-refractivity contribution is -0.141. The molecule has 0 radical (unpaired) electrons. The highest BCUT2D eigenvalue weighted by atomic mass is 35.5. The van der Waals surface area contributed by atoms with Crippen molar-refractivity contribution < 1.29 is 9.59 Å². The maximum Gasteiger partial charge on any atom is 0.233 e. The molecule has 0 bridgehead atoms. The number of amides is 2. The second kappa shape index (κ2) is 8.62. The summed E-state index contributed by atoms with van der Waals surface area (Å²) in [5.74, 6) is -0.224. The summed E-state index contributed by atoms with van der Waals surface area (Å²) in [6.07, 6.45) is 2.31. The minimum Gasteiger partial charge on any atom is -0.304 e. The van der Waals surface area contributed by atoms with Crippen molar-refractivity contribution in [2.45, 2.75) is 39.4 Å². The Morgan fingerprint density at radius 2 is 1.86 bits per heavy atom. The summed E-state index contributed by atoms with van der Waals surface area (Å²) in [7, 11) is 2.17. The minimum atomic E-state index is -0.0822. The van der Waals surface area contributed by atoms with E-state index >= 15 is 0 Å². The van der Waals surface area contributed by atoms with Crippen molar-refractivity contribution in [3.63, 3.8) is 0 Å². The van der Waals surface area contributed by atoms with Gasteiger partial charge in [-0.25, -0.2) is 9.97 Å². The van der Waals surface area contributed by atoms with Gasteiger partial charge in [0.1, 0.15) is 6.33 Å². The van der Waals surface area contributed by atoms with Gasteiger partial charge in [0.15, 0.2) is 0 Å². The zero-order chi connectivity index (χ0) is 24.4. The summed E-state index contributed by atoms with van der Waals surface area (Å²) in [6.45, 7) is 8.64. The molecule has 0 spiro atoms. The smallest absolute Gasteiger partial charge is 0.233 e. The number of aromatic nitrogens is 2. The van der Waals surface area contributed by atoms with E-state index < -0.39 is 0 Å². The van der Waals surface area contributed by atoms with Crippen molar-refractivity contribution in [3.8, 4) is 11.3 Å². The SMILES string of the molecule is Cc1cc(Cl)cc(-c2ncnc3cc(CN4C(=O)C5CC5C4=O)sc23)c1CN1CCN(C)C[C@@H]1C. The fourth-order valence-electron chi connectivity index (χ4n) is 5.54. The summed E-state index contributed by atoms with van der Waals surface area (Å²) < 4.78 is 0.959. The van der Waals surface area contributed by atoms with Crippen LogP contribution in [0, 0.1) is 18.8 Å². The quantitative estimate of drug-likeness (QED) is 0.485. The van der Waals surface area contributed by atoms with Crippen LogP contribution >= 0.6 is 22.9 Å². The number of rotatable bonds is 5. The van der Waals surface area contributed by atoms with Crippen LogP contribution < -0.4 is 0 Å². The van der Waals surface area contributed by atoms with Gasteiger partial charge in [0, 0.05) is 47.7 Å². The van der Waals surface area contributed by atoms with Crippen LogP contribution in [0.1, 0.15) is 29.3 Å². The molecule has 2 unspecified atom stereocenters. The van der Waals surface area contributed by atoms with Crippen LogP contribution in [0.2, 0.25) is 5.02 Å². The molecule has 3 atom stereocenters. The first-order chi connectivity index (χ1) is 16.8. The normalized spacial score (nSPS) is 25.0. The zero-order valence-electron chi connectivity index (χ0n) is 20.1. The molecule has 1 aromatic carbocycles. The Kier molecular flexibility index (Phi) is 5.67. The van der Waals surface area contributed by atoms with E-state index in [2.05, 4.69) is 35.7 Å². The molecule has 35 heavy (non-hydrogen) atoms. The number of thiophene rings is 1. The lowest BCUT2D eigenvalue weighted by atomic mass is 9.97. The average molecular weight is 510 g/mol. The van der Waals surface area contributed by atoms with Crippen molar-refractivity contribution in [2.24, 2.45) is 11.8 Å². The maximum atomic E-state index is 12.5. The van der Waals surface area contributed by atoms with Crippen molar-refractivity contribution >= 4 is 45.0 Å². The lowest BCUT2D eigenvalue weighted by Gasteiger charge is -2.38. The molecule has 182 valence electrons. The van der Waals surface area contributed by atoms with Crippen LogP contribution in [0.3, 0.4) is 0 Å². The minimum absolute atomic E-state index is 0.0298. The summed E-state index contributed by atoms with van der Waals surface area (Å²) >= 11 is 8.10. The number of likely N-dealkylation sites (tertiary alicyclic amines) is 1. The lowest BCUT2D eigenvalue weighted by Crippen LogP contribution is -2.49. The number of aryl methyl sites for hydroxylation is 1. The molecule has 1 saturated carbocycles. The predicted molar refractivity (Wildman–Crippen MR) is 137 cm³/mol. The Morgan fingerprint density at radius 1 is 1.09 bits per heavy atom. The number of piperazine rings is 1. The van der Waals surface area contributed by atoms with Gasteiger partial charge in [-0.1, -0.05) is 11.6 Å². The molecule has 7 nitrogen and oxygen atoms in total. The topological polar surface area (TPSA) is 69.6 Å². The Hall–Kier alpha value is -2.39. The van der Waals surface area contributed by atoms with Gasteiger partial charge in [-0.05, 0) is 56.6 Å². The number of benzene rings is 1. The Labute approximate surface area is 213 Å². The number of fused-ring (bicyclic) bond motifs is 2. The number of hydrogen-bond donors (Lipinski definition) is 0. The maximum absolute atomic E-state index is 12.5. The van der Waals surface area contributed by atoms with E-state index in [1.807, 2.05) is 18.2 Å². The van der Waals surface area contributed by atoms with E-state index in [0.29, 0.717) is 17.6 Å². The summed E-state index contributed by atoms with van der Waals surface area (Å²) in [5.41, 5.74) is 5.09. The number of carbonyl (C=O) groups is 2. The molecular weight excluding hydrogens is 482 g/mol. The Balaban J connectivity index is 1.37. The van der Waals surface area contributed by atoms with Crippen molar-refractivity contribution in [3.05, 3.63) is 45.6 Å². The van der Waals surface area contributed by atoms with E-state index in [4.69, 9.17) is 16.6 Å². The van der Waals surface area contributed by atoms with E-state index in [9.17, 15) is 9.59 Å². The first-order valence-electron chi connectivity index (χ1n) is 12.1. The van der Waals surface area contributed by atoms with Crippen LogP contribution in [-0.4, -0.2) is 69.2 Å². The third kappa shape index (κ3) is 4.06. The largest absolute Gasteiger partial charge is 0.304 e. The highest BCUT2D eigenvalue weighted by Crippen LogP contribution is 2.48. The highest BCUT2D eigenvalue weighted by Gasteiger charge is 2.58. The third-order valence-electron chi connectivity index (χ3n) is 7.66. The predicted octanol–water partition coefficient (Wildman–Crippen LogP) is 3.96. The van der Waals surface area contributed by atoms with E-state index in [-0.39, 0.29) is 23.7 Å². The van der Waals surface area contributed by atoms with Gasteiger partial charge in [-0.15, -0.1) is 11.3 Å². The van der Waals surface area contributed by atoms with Crippen LogP contribution in [0.25, 0.3) is 21.5 Å². The van der Waals surface area contributed by atoms with Crippen LogP contribution in [0.4, 0.5) is 0 Å². The molecular formula is C26H28ClN5O2S. The summed E-state index contributed by atoms with van der Waals surface area (Å²) in [4.78, 5) is 41.4. The monoisotopic (exact) mass is 509 g/mol. The third-order valence-corrected chi connectivity index (χ3v) is 8.99. The number of halogens is 1. The zero-order valence-corrected chi connectivity index (χ0v) is 21.7. The first-order valence-corrected chi connectivity index (χ1v) is 13.3.